The molecule has 98 valence electrons. The zero-order valence-corrected chi connectivity index (χ0v) is 14.5. The van der Waals surface area contributed by atoms with Gasteiger partial charge in [-0.3, -0.25) is 0 Å². The van der Waals surface area contributed by atoms with Crippen LogP contribution in [-0.2, 0) is 0 Å². The van der Waals surface area contributed by atoms with Crippen molar-refractivity contribution < 1.29 is 0 Å². The van der Waals surface area contributed by atoms with Crippen LogP contribution in [0.25, 0.3) is 0 Å². The van der Waals surface area contributed by atoms with Crippen LogP contribution in [0.1, 0.15) is 0 Å². The molecular formula is C12H14Cl2N2Se2. The summed E-state index contributed by atoms with van der Waals surface area (Å²) in [6, 6.07) is 16.3. The number of hydrogen-bond acceptors (Lipinski definition) is 2. The fourth-order valence-electron chi connectivity index (χ4n) is 1.23. The van der Waals surface area contributed by atoms with E-state index in [0.29, 0.717) is 26.3 Å². The molecular weight excluding hydrogens is 401 g/mol. The number of benzene rings is 2. The number of halogens is 2. The summed E-state index contributed by atoms with van der Waals surface area (Å²) in [6.07, 6.45) is 0. The van der Waals surface area contributed by atoms with Gasteiger partial charge in [-0.25, -0.2) is 0 Å². The Labute approximate surface area is 131 Å². The van der Waals surface area contributed by atoms with Crippen molar-refractivity contribution in [3.63, 3.8) is 0 Å². The first-order valence-electron chi connectivity index (χ1n) is 4.79. The van der Waals surface area contributed by atoms with E-state index in [4.69, 9.17) is 11.5 Å². The predicted molar refractivity (Wildman–Crippen MR) is 87.0 cm³/mol. The van der Waals surface area contributed by atoms with Gasteiger partial charge in [-0.1, -0.05) is 0 Å². The van der Waals surface area contributed by atoms with E-state index >= 15 is 0 Å². The molecule has 2 aromatic carbocycles. The van der Waals surface area contributed by atoms with Crippen molar-refractivity contribution in [2.45, 2.75) is 0 Å². The monoisotopic (exact) mass is 416 g/mol. The zero-order valence-electron chi connectivity index (χ0n) is 9.41. The maximum absolute atomic E-state index is 5.75. The Morgan fingerprint density at radius 2 is 1.06 bits per heavy atom. The molecule has 0 radical (unpaired) electrons. The Kier molecular flexibility index (Phi) is 8.54. The van der Waals surface area contributed by atoms with Gasteiger partial charge in [0.05, 0.1) is 0 Å². The molecule has 0 aliphatic rings. The van der Waals surface area contributed by atoms with Crippen molar-refractivity contribution in [1.82, 2.24) is 0 Å². The second-order valence-corrected chi connectivity index (χ2v) is 9.62. The van der Waals surface area contributed by atoms with Gasteiger partial charge in [0.2, 0.25) is 0 Å². The first-order chi connectivity index (χ1) is 7.74. The fourth-order valence-corrected chi connectivity index (χ4v) is 7.33. The van der Waals surface area contributed by atoms with Gasteiger partial charge in [0.1, 0.15) is 0 Å². The van der Waals surface area contributed by atoms with E-state index in [1.807, 2.05) is 24.3 Å². The van der Waals surface area contributed by atoms with E-state index in [1.54, 1.807) is 0 Å². The molecule has 4 N–H and O–H groups in total. The number of nitrogens with two attached hydrogens (primary N) is 2. The zero-order chi connectivity index (χ0) is 11.4. The fraction of sp³-hybridized carbons (Fsp3) is 0. The number of hydrogen-bond donors (Lipinski definition) is 2. The van der Waals surface area contributed by atoms with Gasteiger partial charge >= 0.3 is 107 Å². The van der Waals surface area contributed by atoms with Crippen LogP contribution >= 0.6 is 24.8 Å². The molecule has 0 amide bonds. The molecule has 0 aliphatic heterocycles. The first kappa shape index (κ1) is 17.7. The molecule has 2 rings (SSSR count). The molecule has 18 heavy (non-hydrogen) atoms. The standard InChI is InChI=1S/C12H12N2Se2.2ClH/c13-9-3-1-5-11(7-9)15-16-12-6-2-4-10(14)8-12;;/h1-8H,13-14H2;2*1H. The van der Waals surface area contributed by atoms with Crippen molar-refractivity contribution in [1.29, 1.82) is 0 Å². The SMILES string of the molecule is Cl.Cl.Nc1cccc([Se][Se]c2cccc(N)c2)c1. The molecule has 0 aliphatic carbocycles. The molecule has 0 unspecified atom stereocenters. The van der Waals surface area contributed by atoms with E-state index in [9.17, 15) is 0 Å². The quantitative estimate of drug-likeness (QED) is 0.580. The van der Waals surface area contributed by atoms with E-state index in [-0.39, 0.29) is 24.8 Å². The van der Waals surface area contributed by atoms with Crippen LogP contribution in [0, 0.1) is 0 Å². The summed E-state index contributed by atoms with van der Waals surface area (Å²) >= 11 is 0.965. The minimum absolute atomic E-state index is 0. The third kappa shape index (κ3) is 5.53. The van der Waals surface area contributed by atoms with Gasteiger partial charge in [-0.05, 0) is 0 Å². The summed E-state index contributed by atoms with van der Waals surface area (Å²) in [5.41, 5.74) is 13.2. The first-order valence-corrected chi connectivity index (χ1v) is 10.8. The molecule has 0 atom stereocenters. The Bertz CT molecular complexity index is 450. The summed E-state index contributed by atoms with van der Waals surface area (Å²) < 4.78 is 2.71. The van der Waals surface area contributed by atoms with Crippen LogP contribution in [0.3, 0.4) is 0 Å². The van der Waals surface area contributed by atoms with Crippen molar-refractivity contribution in [3.8, 4) is 0 Å². The molecule has 2 aromatic rings. The molecule has 0 saturated carbocycles. The van der Waals surface area contributed by atoms with Gasteiger partial charge in [-0.15, -0.1) is 24.8 Å². The van der Waals surface area contributed by atoms with Gasteiger partial charge in [0, 0.05) is 0 Å². The van der Waals surface area contributed by atoms with Gasteiger partial charge < -0.3 is 0 Å². The van der Waals surface area contributed by atoms with E-state index in [0.717, 1.165) is 11.4 Å². The molecule has 2 nitrogen and oxygen atoms in total. The minimum atomic E-state index is 0. The molecule has 6 heteroatoms. The van der Waals surface area contributed by atoms with Gasteiger partial charge in [0.25, 0.3) is 0 Å². The average Bonchev–Trinajstić information content (AvgIpc) is 2.27. The topological polar surface area (TPSA) is 52.0 Å². The second kappa shape index (κ2) is 8.71. The van der Waals surface area contributed by atoms with Crippen molar-refractivity contribution >= 4 is 71.4 Å². The van der Waals surface area contributed by atoms with Crippen LogP contribution < -0.4 is 20.4 Å². The van der Waals surface area contributed by atoms with Crippen LogP contribution in [0.15, 0.2) is 48.5 Å². The Morgan fingerprint density at radius 3 is 1.39 bits per heavy atom. The van der Waals surface area contributed by atoms with Gasteiger partial charge in [-0.2, -0.15) is 0 Å². The third-order valence-corrected chi connectivity index (χ3v) is 9.10. The van der Waals surface area contributed by atoms with Crippen molar-refractivity contribution in [3.05, 3.63) is 48.5 Å². The molecule has 0 aromatic heterocycles. The predicted octanol–water partition coefficient (Wildman–Crippen LogP) is 0.969. The molecule has 0 saturated heterocycles. The normalized spacial score (nSPS) is 9.11. The molecule has 0 heterocycles. The van der Waals surface area contributed by atoms with Gasteiger partial charge in [0.15, 0.2) is 0 Å². The van der Waals surface area contributed by atoms with Crippen LogP contribution in [-0.4, -0.2) is 26.3 Å². The summed E-state index contributed by atoms with van der Waals surface area (Å²) in [5, 5.41) is 0. The Balaban J connectivity index is 0.00000144. The van der Waals surface area contributed by atoms with Crippen molar-refractivity contribution in [2.24, 2.45) is 0 Å². The Hall–Kier alpha value is -0.341. The molecule has 0 bridgehead atoms. The second-order valence-electron chi connectivity index (χ2n) is 3.31. The van der Waals surface area contributed by atoms with Crippen LogP contribution in [0.4, 0.5) is 11.4 Å². The average molecular weight is 415 g/mol. The summed E-state index contributed by atoms with van der Waals surface area (Å²) in [4.78, 5) is 0. The molecule has 0 spiro atoms. The third-order valence-electron chi connectivity index (χ3n) is 1.95. The summed E-state index contributed by atoms with van der Waals surface area (Å²) in [5.74, 6) is 0. The van der Waals surface area contributed by atoms with E-state index in [2.05, 4.69) is 24.3 Å². The van der Waals surface area contributed by atoms with Crippen LogP contribution in [0.2, 0.25) is 0 Å². The number of nitrogen functional groups attached to an aromatic ring is 2. The van der Waals surface area contributed by atoms with Crippen LogP contribution in [0.5, 0.6) is 0 Å². The number of rotatable bonds is 3. The van der Waals surface area contributed by atoms with E-state index in [1.165, 1.54) is 8.92 Å². The molecule has 0 fully saturated rings. The summed E-state index contributed by atoms with van der Waals surface area (Å²) in [7, 11) is 0. The summed E-state index contributed by atoms with van der Waals surface area (Å²) in [6.45, 7) is 0. The Morgan fingerprint density at radius 1 is 0.667 bits per heavy atom. The van der Waals surface area contributed by atoms with E-state index < -0.39 is 0 Å². The van der Waals surface area contributed by atoms with Crippen molar-refractivity contribution in [2.75, 3.05) is 11.5 Å². The maximum atomic E-state index is 5.75. The number of anilines is 2.